The highest BCUT2D eigenvalue weighted by Gasteiger charge is 2.62. The van der Waals surface area contributed by atoms with Gasteiger partial charge in [-0.1, -0.05) is 19.0 Å². The Kier molecular flexibility index (Phi) is 5.89. The van der Waals surface area contributed by atoms with Crippen LogP contribution < -0.4 is 4.74 Å². The molecule has 2 aliphatic carbocycles. The number of hydrogen-bond donors (Lipinski definition) is 0. The van der Waals surface area contributed by atoms with Crippen LogP contribution in [0.25, 0.3) is 0 Å². The molecule has 2 aliphatic rings. The number of halogens is 2. The lowest BCUT2D eigenvalue weighted by Crippen LogP contribution is -2.11. The van der Waals surface area contributed by atoms with Crippen LogP contribution in [0.4, 0.5) is 8.78 Å². The van der Waals surface area contributed by atoms with Gasteiger partial charge in [-0.2, -0.15) is 0 Å². The minimum atomic E-state index is -0.676. The van der Waals surface area contributed by atoms with Crippen LogP contribution >= 0.6 is 0 Å². The molecule has 2 saturated carbocycles. The standard InChI is InChI=1S/C23H24F2N2O4/c1-23(2)18(11-26-30-12-14-3-4-14)20(23)22(28)29-13-16-7-10-19(25)21(27-16)31-17-8-5-15(24)6-9-17/h5-11,14,18,20H,3-4,12-13H2,1-2H3/b26-11+. The van der Waals surface area contributed by atoms with Crippen molar-refractivity contribution in [3.05, 3.63) is 53.7 Å². The number of aromatic nitrogens is 1. The van der Waals surface area contributed by atoms with Gasteiger partial charge in [-0.25, -0.2) is 13.8 Å². The molecular weight excluding hydrogens is 406 g/mol. The van der Waals surface area contributed by atoms with Gasteiger partial charge in [-0.15, -0.1) is 0 Å². The van der Waals surface area contributed by atoms with Crippen LogP contribution in [-0.2, 0) is 21.0 Å². The summed E-state index contributed by atoms with van der Waals surface area (Å²) < 4.78 is 37.8. The summed E-state index contributed by atoms with van der Waals surface area (Å²) in [4.78, 5) is 21.9. The van der Waals surface area contributed by atoms with E-state index in [1.54, 1.807) is 6.21 Å². The monoisotopic (exact) mass is 430 g/mol. The van der Waals surface area contributed by atoms with Crippen LogP contribution in [0.15, 0.2) is 41.6 Å². The number of esters is 1. The summed E-state index contributed by atoms with van der Waals surface area (Å²) in [5.74, 6) is -1.26. The Bertz CT molecular complexity index is 974. The van der Waals surface area contributed by atoms with Crippen molar-refractivity contribution in [2.45, 2.75) is 33.3 Å². The molecule has 8 heteroatoms. The number of carbonyl (C=O) groups is 1. The van der Waals surface area contributed by atoms with Gasteiger partial charge in [0.2, 0.25) is 0 Å². The minimum absolute atomic E-state index is 0.0576. The molecule has 164 valence electrons. The summed E-state index contributed by atoms with van der Waals surface area (Å²) in [6, 6.07) is 7.74. The number of nitrogens with zero attached hydrogens (tertiary/aromatic N) is 2. The first-order chi connectivity index (χ1) is 14.8. The molecule has 2 aromatic rings. The molecular formula is C23H24F2N2O4. The molecule has 0 spiro atoms. The van der Waals surface area contributed by atoms with E-state index in [2.05, 4.69) is 10.1 Å². The zero-order valence-corrected chi connectivity index (χ0v) is 17.4. The topological polar surface area (TPSA) is 70.0 Å². The molecule has 6 nitrogen and oxygen atoms in total. The fraction of sp³-hybridized carbons (Fsp3) is 0.435. The van der Waals surface area contributed by atoms with E-state index in [1.165, 1.54) is 49.2 Å². The third-order valence-electron chi connectivity index (χ3n) is 5.73. The van der Waals surface area contributed by atoms with Gasteiger partial charge < -0.3 is 14.3 Å². The Morgan fingerprint density at radius 2 is 1.94 bits per heavy atom. The maximum absolute atomic E-state index is 14.0. The van der Waals surface area contributed by atoms with Crippen molar-refractivity contribution >= 4 is 12.2 Å². The van der Waals surface area contributed by atoms with Crippen molar-refractivity contribution in [2.24, 2.45) is 28.3 Å². The molecule has 0 amide bonds. The van der Waals surface area contributed by atoms with E-state index in [0.29, 0.717) is 18.2 Å². The quantitative estimate of drug-likeness (QED) is 0.322. The lowest BCUT2D eigenvalue weighted by Gasteiger charge is -2.09. The maximum atomic E-state index is 14.0. The van der Waals surface area contributed by atoms with Crippen LogP contribution in [0, 0.1) is 34.8 Å². The van der Waals surface area contributed by atoms with Crippen molar-refractivity contribution in [3.8, 4) is 11.6 Å². The Labute approximate surface area is 179 Å². The molecule has 1 aromatic heterocycles. The molecule has 0 bridgehead atoms. The summed E-state index contributed by atoms with van der Waals surface area (Å²) in [6.07, 6.45) is 4.06. The maximum Gasteiger partial charge on any atom is 0.310 e. The van der Waals surface area contributed by atoms with Gasteiger partial charge in [0, 0.05) is 12.1 Å². The SMILES string of the molecule is CC1(C)C(/C=N/OCC2CC2)C1C(=O)OCc1ccc(F)c(Oc2ccc(F)cc2)n1. The van der Waals surface area contributed by atoms with Gasteiger partial charge in [0.25, 0.3) is 5.88 Å². The molecule has 0 aliphatic heterocycles. The van der Waals surface area contributed by atoms with Crippen molar-refractivity contribution in [1.29, 1.82) is 0 Å². The van der Waals surface area contributed by atoms with Gasteiger partial charge in [0.05, 0.1) is 11.6 Å². The average molecular weight is 430 g/mol. The van der Waals surface area contributed by atoms with Gasteiger partial charge in [0.15, 0.2) is 5.82 Å². The Morgan fingerprint density at radius 3 is 2.65 bits per heavy atom. The first-order valence-electron chi connectivity index (χ1n) is 10.3. The van der Waals surface area contributed by atoms with E-state index in [4.69, 9.17) is 14.3 Å². The zero-order valence-electron chi connectivity index (χ0n) is 17.4. The molecule has 31 heavy (non-hydrogen) atoms. The molecule has 2 atom stereocenters. The van der Waals surface area contributed by atoms with Crippen LogP contribution in [-0.4, -0.2) is 23.8 Å². The third kappa shape index (κ3) is 5.18. The number of carbonyl (C=O) groups excluding carboxylic acids is 1. The molecule has 4 rings (SSSR count). The smallest absolute Gasteiger partial charge is 0.310 e. The van der Waals surface area contributed by atoms with Crippen molar-refractivity contribution in [2.75, 3.05) is 6.61 Å². The second kappa shape index (κ2) is 8.61. The molecule has 0 saturated heterocycles. The zero-order chi connectivity index (χ0) is 22.0. The van der Waals surface area contributed by atoms with Crippen LogP contribution in [0.2, 0.25) is 0 Å². The highest BCUT2D eigenvalue weighted by molar-refractivity contribution is 5.85. The van der Waals surface area contributed by atoms with E-state index in [1.807, 2.05) is 13.8 Å². The lowest BCUT2D eigenvalue weighted by molar-refractivity contribution is -0.147. The number of pyridine rings is 1. The van der Waals surface area contributed by atoms with E-state index in [-0.39, 0.29) is 41.5 Å². The fourth-order valence-electron chi connectivity index (χ4n) is 3.41. The van der Waals surface area contributed by atoms with Gasteiger partial charge >= 0.3 is 5.97 Å². The second-order valence-corrected chi connectivity index (χ2v) is 8.57. The predicted molar refractivity (Wildman–Crippen MR) is 108 cm³/mol. The van der Waals surface area contributed by atoms with E-state index < -0.39 is 11.6 Å². The van der Waals surface area contributed by atoms with Crippen LogP contribution in [0.3, 0.4) is 0 Å². The molecule has 1 heterocycles. The highest BCUT2D eigenvalue weighted by Crippen LogP contribution is 2.57. The summed E-state index contributed by atoms with van der Waals surface area (Å²) in [5.41, 5.74) is 0.0691. The number of benzene rings is 1. The summed E-state index contributed by atoms with van der Waals surface area (Å²) in [5, 5.41) is 4.00. The molecule has 1 aromatic carbocycles. The van der Waals surface area contributed by atoms with Gasteiger partial charge in [-0.3, -0.25) is 4.79 Å². The average Bonchev–Trinajstić information content (AvgIpc) is 3.64. The minimum Gasteiger partial charge on any atom is -0.459 e. The Morgan fingerprint density at radius 1 is 1.19 bits per heavy atom. The summed E-state index contributed by atoms with van der Waals surface area (Å²) in [6.45, 7) is 4.45. The molecule has 0 N–H and O–H groups in total. The first-order valence-corrected chi connectivity index (χ1v) is 10.3. The number of rotatable bonds is 9. The van der Waals surface area contributed by atoms with Crippen molar-refractivity contribution < 1.29 is 27.9 Å². The molecule has 0 radical (unpaired) electrons. The fourth-order valence-corrected chi connectivity index (χ4v) is 3.41. The second-order valence-electron chi connectivity index (χ2n) is 8.57. The predicted octanol–water partition coefficient (Wildman–Crippen LogP) is 4.88. The van der Waals surface area contributed by atoms with Gasteiger partial charge in [0.1, 0.15) is 24.8 Å². The normalized spacial score (nSPS) is 21.7. The van der Waals surface area contributed by atoms with E-state index >= 15 is 0 Å². The number of ether oxygens (including phenoxy) is 2. The molecule has 2 unspecified atom stereocenters. The van der Waals surface area contributed by atoms with Crippen LogP contribution in [0.1, 0.15) is 32.4 Å². The van der Waals surface area contributed by atoms with Crippen molar-refractivity contribution in [3.63, 3.8) is 0 Å². The Hall–Kier alpha value is -3.03. The van der Waals surface area contributed by atoms with E-state index in [9.17, 15) is 13.6 Å². The highest BCUT2D eigenvalue weighted by atomic mass is 19.1. The number of hydrogen-bond acceptors (Lipinski definition) is 6. The third-order valence-corrected chi connectivity index (χ3v) is 5.73. The lowest BCUT2D eigenvalue weighted by atomic mass is 10.1. The van der Waals surface area contributed by atoms with Gasteiger partial charge in [-0.05, 0) is 60.6 Å². The van der Waals surface area contributed by atoms with Crippen LogP contribution in [0.5, 0.6) is 11.6 Å². The Balaban J connectivity index is 1.32. The summed E-state index contributed by atoms with van der Waals surface area (Å²) in [7, 11) is 0. The first kappa shape index (κ1) is 21.2. The number of oxime groups is 1. The van der Waals surface area contributed by atoms with E-state index in [0.717, 1.165) is 0 Å². The molecule has 2 fully saturated rings. The summed E-state index contributed by atoms with van der Waals surface area (Å²) >= 11 is 0. The largest absolute Gasteiger partial charge is 0.459 e. The van der Waals surface area contributed by atoms with Crippen molar-refractivity contribution in [1.82, 2.24) is 4.98 Å².